The molecule has 0 aliphatic carbocycles. The highest BCUT2D eigenvalue weighted by molar-refractivity contribution is 7.94. The van der Waals surface area contributed by atoms with E-state index in [1.165, 1.54) is 72.8 Å². The molecule has 386 valence electrons. The van der Waals surface area contributed by atoms with Gasteiger partial charge in [-0.1, -0.05) is 21.2 Å². The lowest BCUT2D eigenvalue weighted by atomic mass is 10.1. The first-order chi connectivity index (χ1) is 34.2. The molecule has 0 bridgehead atoms. The minimum Gasteiger partial charge on any atom is -0.505 e. The van der Waals surface area contributed by atoms with Gasteiger partial charge in [0, 0.05) is 22.4 Å². The highest BCUT2D eigenvalue weighted by atomic mass is 32.2. The molecule has 0 aliphatic rings. The molecule has 0 atom stereocenters. The summed E-state index contributed by atoms with van der Waals surface area (Å²) in [6, 6.07) is 18.5. The maximum absolute atomic E-state index is 13.1. The van der Waals surface area contributed by atoms with Crippen molar-refractivity contribution in [1.29, 1.82) is 0 Å². The summed E-state index contributed by atoms with van der Waals surface area (Å²) >= 11 is 0.700. The van der Waals surface area contributed by atoms with Crippen LogP contribution in [0.4, 0.5) is 46.3 Å². The highest BCUT2D eigenvalue weighted by Crippen LogP contribution is 2.45. The third-order valence-electron chi connectivity index (χ3n) is 8.86. The molecule has 0 fully saturated rings. The normalized spacial score (nSPS) is 12.4. The Morgan fingerprint density at radius 1 is 0.556 bits per heavy atom. The van der Waals surface area contributed by atoms with Crippen LogP contribution in [0.3, 0.4) is 0 Å². The summed E-state index contributed by atoms with van der Waals surface area (Å²) in [7, 11) is -17.7. The Bertz CT molecular complexity index is 3380. The number of phenolic OH excluding ortho intramolecular Hbond substituents is 1. The van der Waals surface area contributed by atoms with E-state index >= 15 is 0 Å². The van der Waals surface area contributed by atoms with Crippen LogP contribution in [0, 0.1) is 0 Å². The van der Waals surface area contributed by atoms with E-state index in [0.717, 1.165) is 0 Å². The van der Waals surface area contributed by atoms with Crippen molar-refractivity contribution in [2.45, 2.75) is 24.5 Å². The fourth-order valence-electron chi connectivity index (χ4n) is 5.80. The van der Waals surface area contributed by atoms with Crippen LogP contribution in [0.5, 0.6) is 5.75 Å². The summed E-state index contributed by atoms with van der Waals surface area (Å²) < 4.78 is 141. The van der Waals surface area contributed by atoms with E-state index in [9.17, 15) is 47.9 Å². The lowest BCUT2D eigenvalue weighted by Crippen LogP contribution is -2.12. The van der Waals surface area contributed by atoms with Crippen molar-refractivity contribution in [3.63, 3.8) is 0 Å². The van der Waals surface area contributed by atoms with Crippen LogP contribution in [0.2, 0.25) is 0 Å². The molecule has 37 heteroatoms. The van der Waals surface area contributed by atoms with Gasteiger partial charge in [-0.05, 0) is 90.3 Å². The number of nitrogens with zero attached hydrogens (tertiary/aromatic N) is 5. The summed E-state index contributed by atoms with van der Waals surface area (Å²) in [4.78, 5) is 11.1. The Labute approximate surface area is 418 Å². The summed E-state index contributed by atoms with van der Waals surface area (Å²) in [5.41, 5.74) is -0.500. The van der Waals surface area contributed by atoms with Gasteiger partial charge in [0.25, 0.3) is 20.2 Å². The lowest BCUT2D eigenvalue weighted by molar-refractivity contribution is -0.434. The Hall–Kier alpha value is -5.50. The van der Waals surface area contributed by atoms with Crippen LogP contribution in [0.1, 0.15) is 0 Å². The molecule has 0 saturated heterocycles. The number of rotatable bonds is 27. The van der Waals surface area contributed by atoms with E-state index in [0.29, 0.717) is 18.2 Å². The molecular weight excluding hydrogens is 1110 g/mol. The van der Waals surface area contributed by atoms with Gasteiger partial charge in [-0.3, -0.25) is 17.5 Å². The van der Waals surface area contributed by atoms with Gasteiger partial charge < -0.3 is 21.1 Å². The lowest BCUT2D eigenvalue weighted by Gasteiger charge is -2.14. The SMILES string of the molecule is O=S(=O)(O)c1ccc(S(=O)(=O)O)c(N=Nc2c(SOOO)cc3cc(Nc4nc(Nc5ccc(S(=O)(=O)CCOSOOO)cc5)nc(Nc5cccc(S(=O)(=O)CCOSOOO)c5)n4)ccc3c2O)c1. The molecule has 0 radical (unpaired) electrons. The summed E-state index contributed by atoms with van der Waals surface area (Å²) in [6.07, 6.45) is 0. The minimum atomic E-state index is -5.04. The third-order valence-corrected chi connectivity index (χ3v) is 15.4. The molecule has 6 rings (SSSR count). The maximum atomic E-state index is 13.1. The standard InChI is InChI=1S/C35H32N8O22S7/c44-32-27-10-6-23(16-20(27)17-29(66-63-60-45)31(32)43-42-28-19-26(71(52,53)54)9-11-30(28)72(55,56)57)38-35-40-33(36-21-4-7-24(8-5-21)69(48,49)14-12-58-67-64-61-46)39-34(41-35)37-22-2-1-3-25(18-22)70(50,51)15-13-59-68-65-62-47/h1-11,16-19,44-47H,12-15H2,(H,52,53,54)(H,55,56,57)(H3,36,37,38,39,40,41). The quantitative estimate of drug-likeness (QED) is 0.00635. The predicted molar refractivity (Wildman–Crippen MR) is 250 cm³/mol. The smallest absolute Gasteiger partial charge is 0.296 e. The number of hydrogen-bond donors (Lipinski definition) is 9. The Morgan fingerprint density at radius 3 is 1.67 bits per heavy atom. The molecule has 30 nitrogen and oxygen atoms in total. The van der Waals surface area contributed by atoms with Gasteiger partial charge in [0.05, 0.1) is 56.3 Å². The first-order valence-electron chi connectivity index (χ1n) is 18.9. The van der Waals surface area contributed by atoms with Crippen LogP contribution < -0.4 is 16.0 Å². The zero-order valence-electron chi connectivity index (χ0n) is 35.3. The number of fused-ring (bicyclic) bond motifs is 1. The Balaban J connectivity index is 1.34. The van der Waals surface area contributed by atoms with E-state index in [2.05, 4.69) is 69.2 Å². The highest BCUT2D eigenvalue weighted by Gasteiger charge is 2.23. The fraction of sp³-hybridized carbons (Fsp3) is 0.114. The predicted octanol–water partition coefficient (Wildman–Crippen LogP) is 6.85. The molecule has 6 aromatic rings. The van der Waals surface area contributed by atoms with Gasteiger partial charge in [-0.15, -0.1) is 23.2 Å². The number of sulfone groups is 2. The first-order valence-corrected chi connectivity index (χ1v) is 27.2. The molecule has 0 aliphatic heterocycles. The van der Waals surface area contributed by atoms with Gasteiger partial charge in [0.1, 0.15) is 16.3 Å². The Kier molecular flexibility index (Phi) is 19.3. The summed E-state index contributed by atoms with van der Waals surface area (Å²) in [6.45, 7) is -0.682. The van der Waals surface area contributed by atoms with Crippen molar-refractivity contribution in [2.75, 3.05) is 40.7 Å². The molecule has 9 N–H and O–H groups in total. The Morgan fingerprint density at radius 2 is 1.10 bits per heavy atom. The van der Waals surface area contributed by atoms with Crippen molar-refractivity contribution in [2.24, 2.45) is 10.2 Å². The number of aromatic nitrogens is 3. The number of azo groups is 1. The zero-order chi connectivity index (χ0) is 52.1. The second-order valence-corrected chi connectivity index (χ2v) is 22.2. The second-order valence-electron chi connectivity index (χ2n) is 13.4. The van der Waals surface area contributed by atoms with Crippen LogP contribution in [0.25, 0.3) is 10.8 Å². The fourth-order valence-corrected chi connectivity index (χ4v) is 10.3. The molecule has 72 heavy (non-hydrogen) atoms. The van der Waals surface area contributed by atoms with E-state index in [1.807, 2.05) is 0 Å². The van der Waals surface area contributed by atoms with Gasteiger partial charge in [-0.2, -0.15) is 31.8 Å². The van der Waals surface area contributed by atoms with Gasteiger partial charge in [0.2, 0.25) is 17.8 Å². The van der Waals surface area contributed by atoms with Crippen LogP contribution in [0.15, 0.2) is 126 Å². The average Bonchev–Trinajstić information content (AvgIpc) is 3.32. The van der Waals surface area contributed by atoms with Crippen molar-refractivity contribution in [3.8, 4) is 5.75 Å². The number of anilines is 6. The average molecular weight is 1140 g/mol. The second kappa shape index (κ2) is 25.0. The molecule has 0 amide bonds. The maximum Gasteiger partial charge on any atom is 0.296 e. The third kappa shape index (κ3) is 15.5. The monoisotopic (exact) mass is 1140 g/mol. The van der Waals surface area contributed by atoms with Crippen LogP contribution >= 0.6 is 36.7 Å². The van der Waals surface area contributed by atoms with Crippen molar-refractivity contribution in [3.05, 3.63) is 91.0 Å². The molecule has 0 saturated carbocycles. The summed E-state index contributed by atoms with van der Waals surface area (Å²) in [5, 5.41) is 63.9. The number of hydrogen-bond acceptors (Lipinski definition) is 31. The number of nitrogens with one attached hydrogen (secondary N) is 3. The number of benzene rings is 5. The molecule has 1 heterocycles. The van der Waals surface area contributed by atoms with Crippen molar-refractivity contribution >= 4 is 134 Å². The zero-order valence-corrected chi connectivity index (χ0v) is 41.0. The molecular formula is C35H32N8O22S7. The minimum absolute atomic E-state index is 0.0701. The molecule has 0 spiro atoms. The van der Waals surface area contributed by atoms with E-state index in [1.54, 1.807) is 0 Å². The van der Waals surface area contributed by atoms with E-state index < -0.39 is 78.3 Å². The van der Waals surface area contributed by atoms with E-state index in [4.69, 9.17) is 24.1 Å². The van der Waals surface area contributed by atoms with Gasteiger partial charge >= 0.3 is 0 Å². The van der Waals surface area contributed by atoms with Crippen LogP contribution in [-0.4, -0.2) is 103 Å². The largest absolute Gasteiger partial charge is 0.505 e. The van der Waals surface area contributed by atoms with Crippen molar-refractivity contribution < 1.29 is 100 Å². The molecule has 0 unspecified atom stereocenters. The molecule has 5 aromatic carbocycles. The number of phenols is 1. The van der Waals surface area contributed by atoms with Crippen molar-refractivity contribution in [1.82, 2.24) is 15.0 Å². The van der Waals surface area contributed by atoms with Crippen LogP contribution in [-0.2, 0) is 76.4 Å². The van der Waals surface area contributed by atoms with Gasteiger partial charge in [0.15, 0.2) is 50.1 Å². The van der Waals surface area contributed by atoms with Gasteiger partial charge in [-0.25, -0.2) is 32.6 Å². The number of aromatic hydroxyl groups is 1. The molecule has 1 aromatic heterocycles. The first kappa shape index (κ1) is 55.8. The summed E-state index contributed by atoms with van der Waals surface area (Å²) in [5.74, 6) is -2.05. The topological polar surface area (TPSA) is 431 Å². The van der Waals surface area contributed by atoms with E-state index in [-0.39, 0.29) is 110 Å².